The maximum absolute atomic E-state index is 13.2. The van der Waals surface area contributed by atoms with Crippen molar-refractivity contribution < 1.29 is 28.7 Å². The maximum Gasteiger partial charge on any atom is 0.266 e. The van der Waals surface area contributed by atoms with Crippen molar-refractivity contribution in [2.75, 3.05) is 20.8 Å². The summed E-state index contributed by atoms with van der Waals surface area (Å²) in [6, 6.07) is 5.55. The highest BCUT2D eigenvalue weighted by molar-refractivity contribution is 6.39. The van der Waals surface area contributed by atoms with Gasteiger partial charge in [-0.2, -0.15) is 0 Å². The molecule has 6 atom stereocenters. The lowest BCUT2D eigenvalue weighted by atomic mass is 9.72. The summed E-state index contributed by atoms with van der Waals surface area (Å²) in [5.41, 5.74) is 6.58. The summed E-state index contributed by atoms with van der Waals surface area (Å²) in [4.78, 5) is 44.8. The van der Waals surface area contributed by atoms with Crippen molar-refractivity contribution in [2.24, 2.45) is 40.5 Å². The number of hydrogen-bond acceptors (Lipinski definition) is 7. The van der Waals surface area contributed by atoms with Crippen LogP contribution < -0.4 is 15.2 Å². The van der Waals surface area contributed by atoms with Crippen LogP contribution in [0.4, 0.5) is 0 Å². The van der Waals surface area contributed by atoms with Crippen LogP contribution in [0.5, 0.6) is 11.5 Å². The SMILES string of the molecule is COc1ccc(CCN2C(=O)[C@H]3[C@@H]4C[C@H]([C@H]5C(C(N)=O)=NO[C@H]45)[C@@H]3C2=O)cc1OC. The Balaban J connectivity index is 1.33. The molecule has 3 fully saturated rings. The number of carbonyl (C=O) groups excluding carboxylic acids is 3. The van der Waals surface area contributed by atoms with E-state index in [1.54, 1.807) is 20.3 Å². The number of likely N-dealkylation sites (tertiary alicyclic amines) is 1. The van der Waals surface area contributed by atoms with Crippen LogP contribution in [0.25, 0.3) is 0 Å². The quantitative estimate of drug-likeness (QED) is 0.672. The van der Waals surface area contributed by atoms with E-state index in [1.165, 1.54) is 4.90 Å². The molecular formula is C21H23N3O6. The molecule has 0 spiro atoms. The molecule has 0 unspecified atom stereocenters. The van der Waals surface area contributed by atoms with E-state index in [4.69, 9.17) is 20.0 Å². The van der Waals surface area contributed by atoms with E-state index in [2.05, 4.69) is 5.16 Å². The molecule has 9 heteroatoms. The van der Waals surface area contributed by atoms with Crippen LogP contribution in [-0.2, 0) is 25.6 Å². The zero-order chi connectivity index (χ0) is 21.2. The molecule has 4 aliphatic rings. The first kappa shape index (κ1) is 18.9. The molecule has 1 aromatic carbocycles. The molecule has 2 bridgehead atoms. The highest BCUT2D eigenvalue weighted by atomic mass is 16.6. The number of ether oxygens (including phenoxy) is 2. The van der Waals surface area contributed by atoms with Crippen molar-refractivity contribution in [1.29, 1.82) is 0 Å². The number of nitrogens with zero attached hydrogens (tertiary/aromatic N) is 2. The maximum atomic E-state index is 13.2. The molecule has 1 aromatic rings. The summed E-state index contributed by atoms with van der Waals surface area (Å²) in [5.74, 6) is -1.01. The first-order chi connectivity index (χ1) is 14.5. The Kier molecular flexibility index (Phi) is 4.23. The van der Waals surface area contributed by atoms with Gasteiger partial charge < -0.3 is 20.0 Å². The summed E-state index contributed by atoms with van der Waals surface area (Å²) in [7, 11) is 3.13. The Morgan fingerprint density at radius 3 is 2.50 bits per heavy atom. The summed E-state index contributed by atoms with van der Waals surface area (Å²) in [6.07, 6.45) is 0.878. The molecule has 2 heterocycles. The summed E-state index contributed by atoms with van der Waals surface area (Å²) in [5, 5.41) is 3.85. The van der Waals surface area contributed by atoms with Crippen molar-refractivity contribution in [2.45, 2.75) is 18.9 Å². The second-order valence-electron chi connectivity index (χ2n) is 8.32. The molecule has 1 saturated heterocycles. The number of nitrogens with two attached hydrogens (primary N) is 1. The van der Waals surface area contributed by atoms with Crippen molar-refractivity contribution in [3.8, 4) is 11.5 Å². The molecule has 158 valence electrons. The zero-order valence-electron chi connectivity index (χ0n) is 16.7. The predicted octanol–water partition coefficient (Wildman–Crippen LogP) is 0.354. The van der Waals surface area contributed by atoms with E-state index in [9.17, 15) is 14.4 Å². The minimum Gasteiger partial charge on any atom is -0.493 e. The number of oxime groups is 1. The van der Waals surface area contributed by atoms with E-state index in [0.29, 0.717) is 30.9 Å². The van der Waals surface area contributed by atoms with Crippen LogP contribution in [0.2, 0.25) is 0 Å². The monoisotopic (exact) mass is 413 g/mol. The smallest absolute Gasteiger partial charge is 0.266 e. The first-order valence-corrected chi connectivity index (χ1v) is 10.1. The molecule has 9 nitrogen and oxygen atoms in total. The van der Waals surface area contributed by atoms with E-state index in [-0.39, 0.29) is 41.4 Å². The Morgan fingerprint density at radius 1 is 1.13 bits per heavy atom. The minimum atomic E-state index is -0.617. The Bertz CT molecular complexity index is 975. The van der Waals surface area contributed by atoms with Gasteiger partial charge in [0.25, 0.3) is 5.91 Å². The second-order valence-corrected chi connectivity index (χ2v) is 8.32. The van der Waals surface area contributed by atoms with Crippen molar-refractivity contribution in [1.82, 2.24) is 4.90 Å². The molecule has 5 rings (SSSR count). The van der Waals surface area contributed by atoms with Crippen LogP contribution in [0.3, 0.4) is 0 Å². The molecule has 2 aliphatic carbocycles. The number of rotatable bonds is 6. The van der Waals surface area contributed by atoms with Gasteiger partial charge in [0, 0.05) is 12.5 Å². The number of primary amides is 1. The number of imide groups is 1. The largest absolute Gasteiger partial charge is 0.493 e. The standard InChI is InChI=1S/C21H23N3O6/c1-28-12-4-3-9(7-13(12)29-2)5-6-24-20(26)14-10-8-11(15(14)21(24)27)18-16(10)17(19(22)25)23-30-18/h3-4,7,10-11,14-16,18H,5-6,8H2,1-2H3,(H2,22,25)/t10-,11-,14-,15-,16-,18+/m0/s1. The Hall–Kier alpha value is -3.10. The number of fused-ring (bicyclic) bond motifs is 8. The number of benzene rings is 1. The third-order valence-electron chi connectivity index (χ3n) is 7.11. The highest BCUT2D eigenvalue weighted by Gasteiger charge is 2.70. The average molecular weight is 413 g/mol. The number of amides is 3. The molecule has 0 radical (unpaired) electrons. The second kappa shape index (κ2) is 6.72. The van der Waals surface area contributed by atoms with E-state index < -0.39 is 17.7 Å². The fourth-order valence-electron chi connectivity index (χ4n) is 5.89. The predicted molar refractivity (Wildman–Crippen MR) is 104 cm³/mol. The fourth-order valence-corrected chi connectivity index (χ4v) is 5.89. The Labute approximate surface area is 173 Å². The summed E-state index contributed by atoms with van der Waals surface area (Å²) >= 11 is 0. The van der Waals surface area contributed by atoms with E-state index in [0.717, 1.165) is 5.56 Å². The van der Waals surface area contributed by atoms with Gasteiger partial charge in [-0.3, -0.25) is 19.3 Å². The van der Waals surface area contributed by atoms with Gasteiger partial charge in [0.2, 0.25) is 11.8 Å². The lowest BCUT2D eigenvalue weighted by molar-refractivity contribution is -0.141. The third-order valence-corrected chi connectivity index (χ3v) is 7.11. The van der Waals surface area contributed by atoms with Crippen molar-refractivity contribution in [3.05, 3.63) is 23.8 Å². The molecule has 2 N–H and O–H groups in total. The number of methoxy groups -OCH3 is 2. The van der Waals surface area contributed by atoms with E-state index >= 15 is 0 Å². The topological polar surface area (TPSA) is 121 Å². The van der Waals surface area contributed by atoms with Crippen LogP contribution in [0.15, 0.2) is 23.4 Å². The van der Waals surface area contributed by atoms with Crippen molar-refractivity contribution in [3.63, 3.8) is 0 Å². The third kappa shape index (κ3) is 2.47. The highest BCUT2D eigenvalue weighted by Crippen LogP contribution is 2.61. The van der Waals surface area contributed by atoms with Crippen molar-refractivity contribution >= 4 is 23.4 Å². The van der Waals surface area contributed by atoms with Crippen LogP contribution in [0.1, 0.15) is 12.0 Å². The van der Waals surface area contributed by atoms with Gasteiger partial charge >= 0.3 is 0 Å². The van der Waals surface area contributed by atoms with Gasteiger partial charge in [-0.15, -0.1) is 0 Å². The lowest BCUT2D eigenvalue weighted by Gasteiger charge is -2.29. The summed E-state index contributed by atoms with van der Waals surface area (Å²) in [6.45, 7) is 0.298. The van der Waals surface area contributed by atoms with Crippen LogP contribution in [0, 0.1) is 29.6 Å². The average Bonchev–Trinajstić information content (AvgIpc) is 3.47. The van der Waals surface area contributed by atoms with Gasteiger partial charge in [-0.05, 0) is 36.5 Å². The molecule has 2 saturated carbocycles. The minimum absolute atomic E-state index is 0.104. The fraction of sp³-hybridized carbons (Fsp3) is 0.524. The zero-order valence-corrected chi connectivity index (χ0v) is 16.7. The van der Waals surface area contributed by atoms with Gasteiger partial charge in [-0.25, -0.2) is 0 Å². The lowest BCUT2D eigenvalue weighted by Crippen LogP contribution is -2.43. The molecule has 30 heavy (non-hydrogen) atoms. The van der Waals surface area contributed by atoms with Gasteiger partial charge in [0.05, 0.1) is 32.0 Å². The van der Waals surface area contributed by atoms with Gasteiger partial charge in [0.1, 0.15) is 6.10 Å². The van der Waals surface area contributed by atoms with Crippen LogP contribution >= 0.6 is 0 Å². The number of carbonyl (C=O) groups is 3. The first-order valence-electron chi connectivity index (χ1n) is 10.1. The Morgan fingerprint density at radius 2 is 1.83 bits per heavy atom. The molecule has 2 aliphatic heterocycles. The molecule has 3 amide bonds. The molecule has 0 aromatic heterocycles. The van der Waals surface area contributed by atoms with Gasteiger partial charge in [-0.1, -0.05) is 11.2 Å². The van der Waals surface area contributed by atoms with Crippen LogP contribution in [-0.4, -0.2) is 55.2 Å². The normalized spacial score (nSPS) is 33.3. The summed E-state index contributed by atoms with van der Waals surface area (Å²) < 4.78 is 10.6. The van der Waals surface area contributed by atoms with Gasteiger partial charge in [0.15, 0.2) is 17.2 Å². The number of hydrogen-bond donors (Lipinski definition) is 1. The molecular weight excluding hydrogens is 390 g/mol. The van der Waals surface area contributed by atoms with E-state index in [1.807, 2.05) is 12.1 Å².